The van der Waals surface area contributed by atoms with Crippen LogP contribution in [0.3, 0.4) is 0 Å². The van der Waals surface area contributed by atoms with Gasteiger partial charge < -0.3 is 15.2 Å². The van der Waals surface area contributed by atoms with Gasteiger partial charge in [-0.05, 0) is 12.1 Å². The molecule has 11 heteroatoms. The molecular formula is C15H22ClN5O3S2. The Morgan fingerprint density at radius 2 is 2.23 bits per heavy atom. The SMILES string of the molecule is CC(=O)NCc1ccc(S(=O)(=O)N2CCNCC2c2nccn2C)s1.Cl. The molecule has 1 atom stereocenters. The van der Waals surface area contributed by atoms with Gasteiger partial charge in [0.25, 0.3) is 10.0 Å². The van der Waals surface area contributed by atoms with Crippen LogP contribution in [0.5, 0.6) is 0 Å². The molecule has 0 saturated carbocycles. The number of imidazole rings is 1. The number of aromatic nitrogens is 2. The topological polar surface area (TPSA) is 96.3 Å². The van der Waals surface area contributed by atoms with Crippen LogP contribution in [0.1, 0.15) is 23.7 Å². The molecule has 26 heavy (non-hydrogen) atoms. The molecule has 1 saturated heterocycles. The first-order chi connectivity index (χ1) is 11.9. The highest BCUT2D eigenvalue weighted by Gasteiger charge is 2.37. The molecule has 2 aromatic heterocycles. The van der Waals surface area contributed by atoms with Gasteiger partial charge in [0.1, 0.15) is 10.0 Å². The molecule has 8 nitrogen and oxygen atoms in total. The monoisotopic (exact) mass is 419 g/mol. The van der Waals surface area contributed by atoms with Gasteiger partial charge in [-0.15, -0.1) is 23.7 Å². The Balaban J connectivity index is 0.00000243. The highest BCUT2D eigenvalue weighted by atomic mass is 35.5. The maximum Gasteiger partial charge on any atom is 0.253 e. The number of aryl methyl sites for hydroxylation is 1. The van der Waals surface area contributed by atoms with E-state index in [0.717, 1.165) is 4.88 Å². The van der Waals surface area contributed by atoms with Crippen molar-refractivity contribution in [1.82, 2.24) is 24.5 Å². The third-order valence-electron chi connectivity index (χ3n) is 4.06. The lowest BCUT2D eigenvalue weighted by molar-refractivity contribution is -0.119. The van der Waals surface area contributed by atoms with Gasteiger partial charge in [0.2, 0.25) is 5.91 Å². The number of nitrogens with one attached hydrogen (secondary N) is 2. The van der Waals surface area contributed by atoms with Gasteiger partial charge in [0.05, 0.1) is 12.6 Å². The zero-order valence-electron chi connectivity index (χ0n) is 14.5. The van der Waals surface area contributed by atoms with Crippen molar-refractivity contribution in [2.45, 2.75) is 23.7 Å². The number of piperazine rings is 1. The summed E-state index contributed by atoms with van der Waals surface area (Å²) in [5, 5.41) is 5.92. The minimum Gasteiger partial charge on any atom is -0.351 e. The number of carbonyl (C=O) groups excluding carboxylic acids is 1. The Labute approximate surface area is 163 Å². The Kier molecular flexibility index (Phi) is 6.80. The van der Waals surface area contributed by atoms with E-state index in [1.807, 2.05) is 17.8 Å². The number of nitrogens with zero attached hydrogens (tertiary/aromatic N) is 3. The predicted molar refractivity (Wildman–Crippen MR) is 102 cm³/mol. The molecule has 1 fully saturated rings. The van der Waals surface area contributed by atoms with Gasteiger partial charge in [-0.25, -0.2) is 13.4 Å². The number of rotatable bonds is 5. The molecule has 3 rings (SSSR count). The summed E-state index contributed by atoms with van der Waals surface area (Å²) in [6.07, 6.45) is 3.48. The summed E-state index contributed by atoms with van der Waals surface area (Å²) in [7, 11) is -1.77. The van der Waals surface area contributed by atoms with Crippen molar-refractivity contribution >= 4 is 39.7 Å². The van der Waals surface area contributed by atoms with Crippen LogP contribution in [-0.2, 0) is 28.4 Å². The van der Waals surface area contributed by atoms with Crippen molar-refractivity contribution in [1.29, 1.82) is 0 Å². The summed E-state index contributed by atoms with van der Waals surface area (Å²) in [4.78, 5) is 16.2. The van der Waals surface area contributed by atoms with Crippen LogP contribution < -0.4 is 10.6 Å². The second kappa shape index (κ2) is 8.49. The van der Waals surface area contributed by atoms with Gasteiger partial charge >= 0.3 is 0 Å². The smallest absolute Gasteiger partial charge is 0.253 e. The number of sulfonamides is 1. The molecule has 2 N–H and O–H groups in total. The van der Waals surface area contributed by atoms with Crippen molar-refractivity contribution in [2.24, 2.45) is 7.05 Å². The van der Waals surface area contributed by atoms with E-state index < -0.39 is 10.0 Å². The lowest BCUT2D eigenvalue weighted by Crippen LogP contribution is -2.49. The average molecular weight is 420 g/mol. The van der Waals surface area contributed by atoms with E-state index in [9.17, 15) is 13.2 Å². The molecule has 0 radical (unpaired) electrons. The van der Waals surface area contributed by atoms with Gasteiger partial charge in [0, 0.05) is 50.9 Å². The van der Waals surface area contributed by atoms with Gasteiger partial charge in [0.15, 0.2) is 0 Å². The summed E-state index contributed by atoms with van der Waals surface area (Å²) in [6, 6.07) is 3.00. The van der Waals surface area contributed by atoms with Crippen molar-refractivity contribution in [3.05, 3.63) is 35.2 Å². The van der Waals surface area contributed by atoms with Gasteiger partial charge in [-0.2, -0.15) is 4.31 Å². The first-order valence-corrected chi connectivity index (χ1v) is 10.2. The fraction of sp³-hybridized carbons (Fsp3) is 0.467. The predicted octanol–water partition coefficient (Wildman–Crippen LogP) is 0.875. The lowest BCUT2D eigenvalue weighted by atomic mass is 10.2. The molecule has 3 heterocycles. The standard InChI is InChI=1S/C15H21N5O3S2.ClH/c1-11(21)18-9-12-3-4-14(24-12)25(22,23)20-8-5-16-10-13(20)15-17-6-7-19(15)2;/h3-4,6-7,13,16H,5,8-10H2,1-2H3,(H,18,21);1H. The second-order valence-corrected chi connectivity index (χ2v) is 9.15. The minimum absolute atomic E-state index is 0. The van der Waals surface area contributed by atoms with Crippen LogP contribution in [-0.4, -0.2) is 47.8 Å². The van der Waals surface area contributed by atoms with E-state index >= 15 is 0 Å². The first-order valence-electron chi connectivity index (χ1n) is 7.92. The largest absolute Gasteiger partial charge is 0.351 e. The zero-order chi connectivity index (χ0) is 18.0. The lowest BCUT2D eigenvalue weighted by Gasteiger charge is -2.34. The molecule has 0 aromatic carbocycles. The Bertz CT molecular complexity index is 864. The fourth-order valence-corrected chi connectivity index (χ4v) is 5.82. The summed E-state index contributed by atoms with van der Waals surface area (Å²) in [5.41, 5.74) is 0. The molecule has 144 valence electrons. The number of hydrogen-bond acceptors (Lipinski definition) is 6. The summed E-state index contributed by atoms with van der Waals surface area (Å²) in [5.74, 6) is 0.570. The third-order valence-corrected chi connectivity index (χ3v) is 7.52. The maximum atomic E-state index is 13.1. The molecule has 0 spiro atoms. The molecule has 1 amide bonds. The van der Waals surface area contributed by atoms with Crippen LogP contribution in [0.15, 0.2) is 28.7 Å². The van der Waals surface area contributed by atoms with Crippen LogP contribution in [0, 0.1) is 0 Å². The molecule has 1 aliphatic heterocycles. The van der Waals surface area contributed by atoms with E-state index in [1.165, 1.54) is 22.6 Å². The molecule has 0 aliphatic carbocycles. The maximum absolute atomic E-state index is 13.1. The number of thiophene rings is 1. The molecule has 1 aliphatic rings. The number of halogens is 1. The van der Waals surface area contributed by atoms with Crippen molar-refractivity contribution < 1.29 is 13.2 Å². The summed E-state index contributed by atoms with van der Waals surface area (Å²) in [6.45, 7) is 3.28. The summed E-state index contributed by atoms with van der Waals surface area (Å²) < 4.78 is 29.9. The van der Waals surface area contributed by atoms with E-state index in [2.05, 4.69) is 15.6 Å². The average Bonchev–Trinajstić information content (AvgIpc) is 3.22. The fourth-order valence-electron chi connectivity index (χ4n) is 2.81. The third kappa shape index (κ3) is 4.26. The number of hydrogen-bond donors (Lipinski definition) is 2. The number of carbonyl (C=O) groups is 1. The minimum atomic E-state index is -3.63. The van der Waals surface area contributed by atoms with Crippen LogP contribution in [0.4, 0.5) is 0 Å². The number of amides is 1. The highest BCUT2D eigenvalue weighted by molar-refractivity contribution is 7.91. The Morgan fingerprint density at radius 3 is 2.88 bits per heavy atom. The summed E-state index contributed by atoms with van der Waals surface area (Å²) >= 11 is 1.19. The van der Waals surface area contributed by atoms with Crippen LogP contribution in [0.25, 0.3) is 0 Å². The van der Waals surface area contributed by atoms with Crippen LogP contribution >= 0.6 is 23.7 Å². The zero-order valence-corrected chi connectivity index (χ0v) is 17.0. The molecular weight excluding hydrogens is 398 g/mol. The van der Waals surface area contributed by atoms with E-state index in [-0.39, 0.29) is 28.6 Å². The quantitative estimate of drug-likeness (QED) is 0.749. The normalized spacial score (nSPS) is 18.3. The van der Waals surface area contributed by atoms with E-state index in [1.54, 1.807) is 18.3 Å². The van der Waals surface area contributed by atoms with Gasteiger partial charge in [-0.1, -0.05) is 0 Å². The van der Waals surface area contributed by atoms with E-state index in [0.29, 0.717) is 32.0 Å². The Morgan fingerprint density at radius 1 is 1.46 bits per heavy atom. The van der Waals surface area contributed by atoms with Gasteiger partial charge in [-0.3, -0.25) is 4.79 Å². The Hall–Kier alpha value is -1.46. The van der Waals surface area contributed by atoms with Crippen LogP contribution in [0.2, 0.25) is 0 Å². The molecule has 1 unspecified atom stereocenters. The van der Waals surface area contributed by atoms with Crippen molar-refractivity contribution in [3.8, 4) is 0 Å². The van der Waals surface area contributed by atoms with Crippen molar-refractivity contribution in [2.75, 3.05) is 19.6 Å². The second-order valence-electron chi connectivity index (χ2n) is 5.86. The molecule has 2 aromatic rings. The first kappa shape index (κ1) is 20.8. The highest BCUT2D eigenvalue weighted by Crippen LogP contribution is 2.31. The molecule has 0 bridgehead atoms. The van der Waals surface area contributed by atoms with E-state index in [4.69, 9.17) is 0 Å². The van der Waals surface area contributed by atoms with Crippen molar-refractivity contribution in [3.63, 3.8) is 0 Å².